The van der Waals surface area contributed by atoms with Crippen LogP contribution >= 0.6 is 22.7 Å². The summed E-state index contributed by atoms with van der Waals surface area (Å²) in [6.07, 6.45) is 20.3. The van der Waals surface area contributed by atoms with E-state index in [-0.39, 0.29) is 17.4 Å². The lowest BCUT2D eigenvalue weighted by atomic mass is 9.66. The summed E-state index contributed by atoms with van der Waals surface area (Å²) in [7, 11) is 0. The van der Waals surface area contributed by atoms with Gasteiger partial charge in [0.15, 0.2) is 0 Å². The first-order valence-corrected chi connectivity index (χ1v) is 24.6. The van der Waals surface area contributed by atoms with Gasteiger partial charge < -0.3 is 0 Å². The highest BCUT2D eigenvalue weighted by Crippen LogP contribution is 2.47. The molecule has 9 aromatic heterocycles. The average molecular weight is 927 g/mol. The molecule has 2 aliphatic rings. The van der Waals surface area contributed by atoms with Crippen LogP contribution in [0.3, 0.4) is 0 Å². The first kappa shape index (κ1) is 39.8. The van der Waals surface area contributed by atoms with E-state index in [0.29, 0.717) is 0 Å². The van der Waals surface area contributed by atoms with E-state index in [1.165, 1.54) is 20.2 Å². The van der Waals surface area contributed by atoms with Gasteiger partial charge in [0, 0.05) is 48.1 Å². The van der Waals surface area contributed by atoms with Gasteiger partial charge in [0.05, 0.1) is 75.0 Å². The Labute approximate surface area is 403 Å². The zero-order valence-corrected chi connectivity index (χ0v) is 38.9. The van der Waals surface area contributed by atoms with Crippen LogP contribution in [0.2, 0.25) is 0 Å². The first-order chi connectivity index (χ1) is 34.0. The van der Waals surface area contributed by atoms with E-state index in [1.807, 2.05) is 42.9 Å². The molecule has 0 saturated heterocycles. The van der Waals surface area contributed by atoms with Crippen LogP contribution in [-0.2, 0) is 0 Å². The normalized spacial score (nSPS) is 18.1. The molecule has 3 unspecified atom stereocenters. The molecule has 69 heavy (non-hydrogen) atoms. The lowest BCUT2D eigenvalue weighted by molar-refractivity contribution is 0.318. The molecular weight excluding hydrogens is 889 g/mol. The summed E-state index contributed by atoms with van der Waals surface area (Å²) in [6, 6.07) is 42.0. The molecule has 10 heterocycles. The molecule has 1 aliphatic carbocycles. The summed E-state index contributed by atoms with van der Waals surface area (Å²) < 4.78 is 7.02. The summed E-state index contributed by atoms with van der Waals surface area (Å²) >= 11 is 3.54. The Kier molecular flexibility index (Phi) is 8.86. The number of hydrogen-bond acceptors (Lipinski definition) is 10. The van der Waals surface area contributed by atoms with Crippen molar-refractivity contribution in [2.24, 2.45) is 16.3 Å². The topological polar surface area (TPSA) is 112 Å². The van der Waals surface area contributed by atoms with Crippen molar-refractivity contribution in [2.75, 3.05) is 0 Å². The lowest BCUT2D eigenvalue weighted by Gasteiger charge is -2.40. The van der Waals surface area contributed by atoms with Crippen LogP contribution in [0.5, 0.6) is 0 Å². The highest BCUT2D eigenvalue weighted by Gasteiger charge is 2.40. The number of allylic oxidation sites excluding steroid dienone is 4. The van der Waals surface area contributed by atoms with E-state index in [0.717, 1.165) is 99.2 Å². The Morgan fingerprint density at radius 3 is 1.77 bits per heavy atom. The average Bonchev–Trinajstić information content (AvgIpc) is 4.15. The van der Waals surface area contributed by atoms with Crippen LogP contribution in [0.15, 0.2) is 188 Å². The molecule has 3 atom stereocenters. The monoisotopic (exact) mass is 926 g/mol. The molecule has 0 fully saturated rings. The molecule has 0 amide bonds. The number of dihydropyridines is 1. The number of fused-ring (bicyclic) bond motifs is 10. The third-order valence-electron chi connectivity index (χ3n) is 13.9. The molecule has 328 valence electrons. The van der Waals surface area contributed by atoms with Gasteiger partial charge >= 0.3 is 0 Å². The van der Waals surface area contributed by atoms with Crippen molar-refractivity contribution >= 4 is 96.6 Å². The van der Waals surface area contributed by atoms with Gasteiger partial charge in [-0.15, -0.1) is 22.7 Å². The fraction of sp³-hybridized carbons (Fsp3) is 0.0877. The number of nitrogens with zero attached hydrogens (tertiary/aromatic N) is 10. The molecule has 1 aliphatic heterocycles. The second-order valence-electron chi connectivity index (χ2n) is 17.8. The fourth-order valence-corrected chi connectivity index (χ4v) is 13.0. The molecule has 0 radical (unpaired) electrons. The molecule has 10 nitrogen and oxygen atoms in total. The maximum Gasteiger partial charge on any atom is 0.116 e. The summed E-state index contributed by atoms with van der Waals surface area (Å²) in [5.41, 5.74) is 12.4. The minimum atomic E-state index is -0.372. The second-order valence-corrected chi connectivity index (χ2v) is 19.8. The van der Waals surface area contributed by atoms with Gasteiger partial charge in [-0.2, -0.15) is 0 Å². The molecule has 0 N–H and O–H groups in total. The van der Waals surface area contributed by atoms with Crippen molar-refractivity contribution in [1.29, 1.82) is 0 Å². The SMILES string of the molecule is CC1C=C(c2cc(-n3c4cncnc4c4c5ccccc5sc43)cc(-c3ccccc3)n2)C=CC12C=CC(c1cc(-n3c4cncnc4c4c5ccccc5sc43)cc(-c3ccccn3)n1)=NC2C. The van der Waals surface area contributed by atoms with Crippen molar-refractivity contribution < 1.29 is 0 Å². The number of benzene rings is 3. The number of hydrogen-bond donors (Lipinski definition) is 0. The van der Waals surface area contributed by atoms with Gasteiger partial charge in [0.2, 0.25) is 0 Å². The zero-order valence-electron chi connectivity index (χ0n) is 37.3. The standard InChI is InChI=1S/C57H38N10S2/c1-33-24-36(44-26-37(25-43(64-44)35-12-4-3-5-13-35)66-47-29-58-31-61-53(47)51-39-14-6-8-17-49(39)68-55(51)66)19-21-57(33)22-20-42(63-34(57)2)46-28-38(27-45(65-46)41-16-10-11-23-60-41)67-48-30-59-32-62-54(48)52-40-15-7-9-18-50(40)69-56(52)67/h3-34H,1-2H3. The van der Waals surface area contributed by atoms with E-state index in [4.69, 9.17) is 29.9 Å². The van der Waals surface area contributed by atoms with Gasteiger partial charge in [-0.05, 0) is 73.0 Å². The Hall–Kier alpha value is -8.32. The van der Waals surface area contributed by atoms with E-state index >= 15 is 0 Å². The molecule has 12 heteroatoms. The Morgan fingerprint density at radius 1 is 0.551 bits per heavy atom. The van der Waals surface area contributed by atoms with Gasteiger partial charge in [-0.3, -0.25) is 19.1 Å². The van der Waals surface area contributed by atoms with Crippen LogP contribution < -0.4 is 0 Å². The molecule has 0 bridgehead atoms. The number of aromatic nitrogens is 9. The quantitative estimate of drug-likeness (QED) is 0.163. The molecule has 0 saturated carbocycles. The van der Waals surface area contributed by atoms with E-state index in [2.05, 4.69) is 160 Å². The number of rotatable bonds is 6. The summed E-state index contributed by atoms with van der Waals surface area (Å²) in [5, 5.41) is 4.66. The largest absolute Gasteiger partial charge is 0.297 e. The van der Waals surface area contributed by atoms with Crippen LogP contribution in [0.4, 0.5) is 0 Å². The van der Waals surface area contributed by atoms with Gasteiger partial charge in [-0.1, -0.05) is 104 Å². The third kappa shape index (κ3) is 6.15. The number of pyridine rings is 3. The molecular formula is C57H38N10S2. The minimum Gasteiger partial charge on any atom is -0.297 e. The second kappa shape index (κ2) is 15.4. The number of aliphatic imine (C=N–C) groups is 1. The summed E-state index contributed by atoms with van der Waals surface area (Å²) in [5.74, 6) is 0.0886. The highest BCUT2D eigenvalue weighted by atomic mass is 32.1. The van der Waals surface area contributed by atoms with Crippen molar-refractivity contribution in [3.8, 4) is 34.0 Å². The highest BCUT2D eigenvalue weighted by molar-refractivity contribution is 7.26. The number of thiophene rings is 2. The van der Waals surface area contributed by atoms with E-state index in [1.54, 1.807) is 35.3 Å². The lowest BCUT2D eigenvalue weighted by Crippen LogP contribution is -2.38. The van der Waals surface area contributed by atoms with Gasteiger partial charge in [0.1, 0.15) is 33.3 Å². The van der Waals surface area contributed by atoms with E-state index < -0.39 is 0 Å². The predicted octanol–water partition coefficient (Wildman–Crippen LogP) is 13.4. The minimum absolute atomic E-state index is 0.0886. The van der Waals surface area contributed by atoms with Crippen LogP contribution in [0, 0.1) is 11.3 Å². The Balaban J connectivity index is 0.861. The van der Waals surface area contributed by atoms with Crippen molar-refractivity contribution in [1.82, 2.24) is 44.0 Å². The van der Waals surface area contributed by atoms with Crippen LogP contribution in [0.1, 0.15) is 25.2 Å². The Bertz CT molecular complexity index is 3920. The van der Waals surface area contributed by atoms with E-state index in [9.17, 15) is 0 Å². The molecule has 3 aromatic carbocycles. The third-order valence-corrected chi connectivity index (χ3v) is 16.3. The predicted molar refractivity (Wildman–Crippen MR) is 282 cm³/mol. The zero-order chi connectivity index (χ0) is 45.8. The van der Waals surface area contributed by atoms with Crippen LogP contribution in [0.25, 0.3) is 102 Å². The van der Waals surface area contributed by atoms with Crippen molar-refractivity contribution in [2.45, 2.75) is 19.9 Å². The summed E-state index contributed by atoms with van der Waals surface area (Å²) in [6.45, 7) is 4.50. The van der Waals surface area contributed by atoms with Crippen LogP contribution in [-0.4, -0.2) is 55.8 Å². The molecule has 1 spiro atoms. The maximum atomic E-state index is 5.48. The first-order valence-electron chi connectivity index (χ1n) is 22.9. The van der Waals surface area contributed by atoms with Crippen molar-refractivity contribution in [3.63, 3.8) is 0 Å². The fourth-order valence-electron chi connectivity index (χ4n) is 10.5. The smallest absolute Gasteiger partial charge is 0.116 e. The maximum absolute atomic E-state index is 5.48. The van der Waals surface area contributed by atoms with Gasteiger partial charge in [0.25, 0.3) is 0 Å². The Morgan fingerprint density at radius 2 is 1.13 bits per heavy atom. The van der Waals surface area contributed by atoms with Crippen molar-refractivity contribution in [3.05, 3.63) is 194 Å². The molecule has 14 rings (SSSR count). The summed E-state index contributed by atoms with van der Waals surface area (Å²) in [4.78, 5) is 41.7. The van der Waals surface area contributed by atoms with Gasteiger partial charge in [-0.25, -0.2) is 29.9 Å². The molecule has 12 aromatic rings.